The number of halogens is 2. The summed E-state index contributed by atoms with van der Waals surface area (Å²) in [4.78, 5) is 38.9. The van der Waals surface area contributed by atoms with Gasteiger partial charge in [-0.2, -0.15) is 0 Å². The van der Waals surface area contributed by atoms with Gasteiger partial charge in [0, 0.05) is 23.7 Å². The molecule has 2 N–H and O–H groups in total. The Bertz CT molecular complexity index is 966. The molecule has 0 bridgehead atoms. The van der Waals surface area contributed by atoms with Gasteiger partial charge in [0.15, 0.2) is 5.78 Å². The van der Waals surface area contributed by atoms with Crippen LogP contribution >= 0.6 is 11.6 Å². The van der Waals surface area contributed by atoms with Crippen molar-refractivity contribution in [3.05, 3.63) is 70.0 Å². The zero-order valence-electron chi connectivity index (χ0n) is 18.8. The van der Waals surface area contributed by atoms with Crippen molar-refractivity contribution in [2.24, 2.45) is 0 Å². The van der Waals surface area contributed by atoms with Crippen LogP contribution in [-0.2, 0) is 16.1 Å². The highest BCUT2D eigenvalue weighted by molar-refractivity contribution is 6.31. The van der Waals surface area contributed by atoms with Crippen molar-refractivity contribution in [3.63, 3.8) is 0 Å². The van der Waals surface area contributed by atoms with Crippen LogP contribution in [0.2, 0.25) is 5.02 Å². The van der Waals surface area contributed by atoms with Gasteiger partial charge in [0.2, 0.25) is 5.91 Å². The molecule has 2 aromatic carbocycles. The predicted molar refractivity (Wildman–Crippen MR) is 125 cm³/mol. The quantitative estimate of drug-likeness (QED) is 0.359. The maximum atomic E-state index is 14.1. The molecule has 0 aliphatic rings. The fourth-order valence-corrected chi connectivity index (χ4v) is 3.33. The molecule has 0 aliphatic heterocycles. The third kappa shape index (κ3) is 8.47. The Morgan fingerprint density at radius 1 is 1.03 bits per heavy atom. The number of carbonyl (C=O) groups excluding carboxylic acids is 3. The Morgan fingerprint density at radius 2 is 1.76 bits per heavy atom. The lowest BCUT2D eigenvalue weighted by Gasteiger charge is -2.17. The molecule has 2 aromatic rings. The summed E-state index contributed by atoms with van der Waals surface area (Å²) in [5, 5.41) is 5.33. The van der Waals surface area contributed by atoms with Crippen LogP contribution in [0, 0.1) is 5.82 Å². The average Bonchev–Trinajstić information content (AvgIpc) is 2.82. The Hall–Kier alpha value is -2.97. The number of carbonyl (C=O) groups is 3. The fraction of sp³-hybridized carbons (Fsp3) is 0.375. The topological polar surface area (TPSA) is 87.7 Å². The number of benzene rings is 2. The lowest BCUT2D eigenvalue weighted by Crippen LogP contribution is -2.37. The summed E-state index contributed by atoms with van der Waals surface area (Å²) in [6.07, 6.45) is 0.0306. The number of rotatable bonds is 12. The van der Waals surface area contributed by atoms with Crippen LogP contribution in [0.25, 0.3) is 0 Å². The average molecular weight is 478 g/mol. The van der Waals surface area contributed by atoms with E-state index in [1.807, 2.05) is 0 Å². The first-order valence-corrected chi connectivity index (χ1v) is 11.2. The fourth-order valence-electron chi connectivity index (χ4n) is 3.16. The Morgan fingerprint density at radius 3 is 2.45 bits per heavy atom. The van der Waals surface area contributed by atoms with Crippen LogP contribution in [0.5, 0.6) is 0 Å². The highest BCUT2D eigenvalue weighted by Crippen LogP contribution is 2.21. The van der Waals surface area contributed by atoms with E-state index in [1.54, 1.807) is 18.2 Å². The molecule has 9 heteroatoms. The van der Waals surface area contributed by atoms with Crippen LogP contribution in [0.3, 0.4) is 0 Å². The van der Waals surface area contributed by atoms with Gasteiger partial charge in [0.25, 0.3) is 0 Å². The van der Waals surface area contributed by atoms with E-state index in [0.717, 1.165) is 19.6 Å². The predicted octanol–water partition coefficient (Wildman–Crippen LogP) is 3.78. The molecule has 0 aliphatic carbocycles. The van der Waals surface area contributed by atoms with Gasteiger partial charge in [-0.3, -0.25) is 9.59 Å². The Labute approximate surface area is 198 Å². The molecule has 2 rings (SSSR count). The minimum atomic E-state index is -0.674. The Kier molecular flexibility index (Phi) is 10.8. The molecule has 33 heavy (non-hydrogen) atoms. The van der Waals surface area contributed by atoms with Gasteiger partial charge in [0.05, 0.1) is 12.2 Å². The summed E-state index contributed by atoms with van der Waals surface area (Å²) < 4.78 is 19.1. The first-order chi connectivity index (χ1) is 15.8. The third-order valence-electron chi connectivity index (χ3n) is 5.05. The molecule has 0 heterocycles. The van der Waals surface area contributed by atoms with Crippen LogP contribution in [0.4, 0.5) is 9.18 Å². The van der Waals surface area contributed by atoms with Crippen molar-refractivity contribution in [3.8, 4) is 0 Å². The van der Waals surface area contributed by atoms with E-state index in [4.69, 9.17) is 16.3 Å². The molecule has 2 amide bonds. The first kappa shape index (κ1) is 26.3. The Balaban J connectivity index is 1.85. The highest BCUT2D eigenvalue weighted by atomic mass is 35.5. The van der Waals surface area contributed by atoms with E-state index < -0.39 is 23.6 Å². The number of nitrogens with one attached hydrogen (secondary N) is 2. The normalized spacial score (nSPS) is 10.7. The number of ether oxygens (including phenoxy) is 1. The second-order valence-electron chi connectivity index (χ2n) is 7.26. The van der Waals surface area contributed by atoms with Gasteiger partial charge >= 0.3 is 6.09 Å². The summed E-state index contributed by atoms with van der Waals surface area (Å²) in [5.74, 6) is -1.64. The van der Waals surface area contributed by atoms with Crippen LogP contribution < -0.4 is 10.6 Å². The molecule has 0 spiro atoms. The molecule has 0 saturated heterocycles. The molecular formula is C24H29ClFN3O4. The molecule has 0 unspecified atom stereocenters. The van der Waals surface area contributed by atoms with Gasteiger partial charge in [0.1, 0.15) is 12.4 Å². The first-order valence-electron chi connectivity index (χ1n) is 10.8. The van der Waals surface area contributed by atoms with E-state index in [-0.39, 0.29) is 30.8 Å². The smallest absolute Gasteiger partial charge is 0.407 e. The SMILES string of the molecule is CCN(CC)CCCOC(=O)NCC(=O)NCc1ccc(Cl)cc1C(=O)c1ccccc1F. The molecule has 0 saturated carbocycles. The standard InChI is InChI=1S/C24H29ClFN3O4/c1-3-29(4-2)12-7-13-33-24(32)28-16-22(30)27-15-17-10-11-18(25)14-20(17)23(31)19-8-5-6-9-21(19)26/h5-6,8-11,14H,3-4,7,12-13,15-16H2,1-2H3,(H,27,30)(H,28,32). The van der Waals surface area contributed by atoms with E-state index >= 15 is 0 Å². The largest absolute Gasteiger partial charge is 0.450 e. The van der Waals surface area contributed by atoms with E-state index in [0.29, 0.717) is 17.0 Å². The lowest BCUT2D eigenvalue weighted by molar-refractivity contribution is -0.120. The summed E-state index contributed by atoms with van der Waals surface area (Å²) in [6.45, 7) is 6.82. The maximum Gasteiger partial charge on any atom is 0.407 e. The zero-order valence-corrected chi connectivity index (χ0v) is 19.6. The van der Waals surface area contributed by atoms with Gasteiger partial charge < -0.3 is 20.3 Å². The number of alkyl carbamates (subject to hydrolysis) is 1. The molecule has 0 atom stereocenters. The number of nitrogens with zero attached hydrogens (tertiary/aromatic N) is 1. The molecule has 0 aromatic heterocycles. The van der Waals surface area contributed by atoms with Crippen molar-refractivity contribution in [1.29, 1.82) is 0 Å². The van der Waals surface area contributed by atoms with Gasteiger partial charge in [-0.25, -0.2) is 9.18 Å². The van der Waals surface area contributed by atoms with Crippen molar-refractivity contribution in [2.75, 3.05) is 32.8 Å². The minimum absolute atomic E-state index is 0.00608. The van der Waals surface area contributed by atoms with E-state index in [9.17, 15) is 18.8 Å². The zero-order chi connectivity index (χ0) is 24.2. The van der Waals surface area contributed by atoms with Crippen molar-refractivity contribution < 1.29 is 23.5 Å². The van der Waals surface area contributed by atoms with Crippen LogP contribution in [-0.4, -0.2) is 55.5 Å². The monoisotopic (exact) mass is 477 g/mol. The summed E-state index contributed by atoms with van der Waals surface area (Å²) >= 11 is 6.02. The number of amides is 2. The maximum absolute atomic E-state index is 14.1. The third-order valence-corrected chi connectivity index (χ3v) is 5.29. The summed E-state index contributed by atoms with van der Waals surface area (Å²) in [6, 6.07) is 10.3. The highest BCUT2D eigenvalue weighted by Gasteiger charge is 2.18. The van der Waals surface area contributed by atoms with Crippen molar-refractivity contribution in [1.82, 2.24) is 15.5 Å². The van der Waals surface area contributed by atoms with Crippen LogP contribution in [0.1, 0.15) is 41.8 Å². The number of ketones is 1. The van der Waals surface area contributed by atoms with Gasteiger partial charge in [-0.05, 0) is 49.3 Å². The van der Waals surface area contributed by atoms with Crippen molar-refractivity contribution >= 4 is 29.4 Å². The number of hydrogen-bond donors (Lipinski definition) is 2. The molecule has 7 nitrogen and oxygen atoms in total. The van der Waals surface area contributed by atoms with Crippen LogP contribution in [0.15, 0.2) is 42.5 Å². The summed E-state index contributed by atoms with van der Waals surface area (Å²) in [5.41, 5.74) is 0.575. The van der Waals surface area contributed by atoms with Crippen molar-refractivity contribution in [2.45, 2.75) is 26.8 Å². The second kappa shape index (κ2) is 13.5. The van der Waals surface area contributed by atoms with E-state index in [2.05, 4.69) is 29.4 Å². The number of hydrogen-bond acceptors (Lipinski definition) is 5. The summed E-state index contributed by atoms with van der Waals surface area (Å²) in [7, 11) is 0. The molecule has 0 radical (unpaired) electrons. The molecular weight excluding hydrogens is 449 g/mol. The van der Waals surface area contributed by atoms with Gasteiger partial charge in [-0.1, -0.05) is 43.6 Å². The second-order valence-corrected chi connectivity index (χ2v) is 7.69. The molecule has 0 fully saturated rings. The minimum Gasteiger partial charge on any atom is -0.450 e. The van der Waals surface area contributed by atoms with E-state index in [1.165, 1.54) is 24.3 Å². The van der Waals surface area contributed by atoms with Gasteiger partial charge in [-0.15, -0.1) is 0 Å². The molecule has 178 valence electrons. The lowest BCUT2D eigenvalue weighted by atomic mass is 9.98.